The molecule has 0 saturated heterocycles. The van der Waals surface area contributed by atoms with Gasteiger partial charge in [-0.1, -0.05) is 30.3 Å². The number of nitrogens with zero attached hydrogens (tertiary/aromatic N) is 2. The van der Waals surface area contributed by atoms with Gasteiger partial charge in [-0.3, -0.25) is 0 Å². The molecule has 0 fully saturated rings. The fraction of sp³-hybridized carbons (Fsp3) is 0.0833. The largest absolute Gasteiger partial charge is 0.417 e. The summed E-state index contributed by atoms with van der Waals surface area (Å²) in [6, 6.07) is 15.6. The number of aromatic nitrogens is 2. The minimum atomic E-state index is -4.88. The molecule has 0 N–H and O–H groups in total. The van der Waals surface area contributed by atoms with Crippen LogP contribution >= 0.6 is 11.3 Å². The van der Waals surface area contributed by atoms with Crippen LogP contribution in [0.5, 0.6) is 0 Å². The Morgan fingerprint density at radius 1 is 0.636 bits per heavy atom. The molecule has 0 spiro atoms. The molecule has 2 aromatic heterocycles. The summed E-state index contributed by atoms with van der Waals surface area (Å²) in [7, 11) is 0. The van der Waals surface area contributed by atoms with Gasteiger partial charge in [0.15, 0.2) is 0 Å². The molecule has 2 nitrogen and oxygen atoms in total. The lowest BCUT2D eigenvalue weighted by Gasteiger charge is -2.17. The molecular weight excluding hydrogens is 462 g/mol. The summed E-state index contributed by atoms with van der Waals surface area (Å²) in [6.07, 6.45) is -9.69. The van der Waals surface area contributed by atoms with E-state index in [1.807, 2.05) is 17.5 Å². The van der Waals surface area contributed by atoms with Crippen LogP contribution in [0.15, 0.2) is 72.1 Å². The summed E-state index contributed by atoms with van der Waals surface area (Å²) >= 11 is 1.38. The maximum absolute atomic E-state index is 13.8. The van der Waals surface area contributed by atoms with Crippen molar-refractivity contribution in [3.05, 3.63) is 83.2 Å². The van der Waals surface area contributed by atoms with Gasteiger partial charge >= 0.3 is 12.4 Å². The molecule has 3 aromatic carbocycles. The van der Waals surface area contributed by atoms with Crippen molar-refractivity contribution in [1.82, 2.24) is 10.2 Å². The Balaban J connectivity index is 1.90. The van der Waals surface area contributed by atoms with E-state index in [0.717, 1.165) is 15.6 Å². The van der Waals surface area contributed by atoms with E-state index in [4.69, 9.17) is 0 Å². The van der Waals surface area contributed by atoms with Crippen molar-refractivity contribution in [3.63, 3.8) is 0 Å². The summed E-state index contributed by atoms with van der Waals surface area (Å²) < 4.78 is 81.5. The summed E-state index contributed by atoms with van der Waals surface area (Å²) in [5.41, 5.74) is -2.86. The minimum absolute atomic E-state index is 0.255. The maximum atomic E-state index is 13.8. The van der Waals surface area contributed by atoms with Crippen molar-refractivity contribution in [2.45, 2.75) is 12.4 Å². The average Bonchev–Trinajstić information content (AvgIpc) is 3.30. The quantitative estimate of drug-likeness (QED) is 0.190. The molecule has 0 aliphatic rings. The normalized spacial score (nSPS) is 12.5. The highest BCUT2D eigenvalue weighted by atomic mass is 32.1. The highest BCUT2D eigenvalue weighted by molar-refractivity contribution is 7.13. The Morgan fingerprint density at radius 2 is 1.27 bits per heavy atom. The molecule has 5 rings (SSSR count). The van der Waals surface area contributed by atoms with Crippen LogP contribution in [0.3, 0.4) is 0 Å². The summed E-state index contributed by atoms with van der Waals surface area (Å²) in [5, 5.41) is 12.3. The molecule has 0 atom stereocenters. The first-order valence-corrected chi connectivity index (χ1v) is 10.5. The summed E-state index contributed by atoms with van der Waals surface area (Å²) in [6.45, 7) is 0. The Hall–Kier alpha value is -3.46. The van der Waals surface area contributed by atoms with Crippen LogP contribution in [0.1, 0.15) is 11.1 Å². The molecule has 166 valence electrons. The van der Waals surface area contributed by atoms with E-state index in [1.165, 1.54) is 11.3 Å². The van der Waals surface area contributed by atoms with Gasteiger partial charge in [0.05, 0.1) is 16.0 Å². The molecule has 9 heteroatoms. The number of rotatable bonds is 2. The lowest BCUT2D eigenvalue weighted by molar-refractivity contribution is -0.141. The number of hydrogen-bond acceptors (Lipinski definition) is 3. The van der Waals surface area contributed by atoms with Crippen molar-refractivity contribution in [3.8, 4) is 21.8 Å². The maximum Gasteiger partial charge on any atom is 0.417 e. The first kappa shape index (κ1) is 21.4. The van der Waals surface area contributed by atoms with Gasteiger partial charge in [-0.25, -0.2) is 0 Å². The molecule has 0 unspecified atom stereocenters. The second-order valence-electron chi connectivity index (χ2n) is 7.38. The Bertz CT molecular complexity index is 1490. The smallest absolute Gasteiger partial charge is 0.166 e. The van der Waals surface area contributed by atoms with E-state index in [-0.39, 0.29) is 11.1 Å². The van der Waals surface area contributed by atoms with Gasteiger partial charge in [-0.15, -0.1) is 21.5 Å². The van der Waals surface area contributed by atoms with E-state index in [2.05, 4.69) is 10.2 Å². The molecule has 2 heterocycles. The van der Waals surface area contributed by atoms with Crippen LogP contribution in [0.4, 0.5) is 26.3 Å². The number of benzene rings is 3. The number of fused-ring (bicyclic) bond motifs is 2. The van der Waals surface area contributed by atoms with Crippen molar-refractivity contribution in [2.75, 3.05) is 0 Å². The SMILES string of the molecule is FC(F)(F)c1ccc(C(F)(F)F)c(-c2nnc(-c3cccs3)c3cc4ccccc4cc23)c1. The fourth-order valence-electron chi connectivity index (χ4n) is 3.80. The molecule has 33 heavy (non-hydrogen) atoms. The number of thiophene rings is 1. The molecule has 0 saturated carbocycles. The Labute approximate surface area is 187 Å². The topological polar surface area (TPSA) is 25.8 Å². The zero-order chi connectivity index (χ0) is 23.4. The van der Waals surface area contributed by atoms with Gasteiger partial charge in [-0.05, 0) is 52.6 Å². The van der Waals surface area contributed by atoms with Crippen LogP contribution < -0.4 is 0 Å². The van der Waals surface area contributed by atoms with Gasteiger partial charge in [0.2, 0.25) is 0 Å². The standard InChI is InChI=1S/C24H12F6N2S/c25-23(26,27)15-7-8-19(24(28,29)30)18(12-15)21-16-10-13-4-1-2-5-14(13)11-17(16)22(32-31-21)20-6-3-9-33-20/h1-12H. The fourth-order valence-corrected chi connectivity index (χ4v) is 4.52. The lowest BCUT2D eigenvalue weighted by Crippen LogP contribution is -2.12. The van der Waals surface area contributed by atoms with Gasteiger partial charge < -0.3 is 0 Å². The predicted molar refractivity (Wildman–Crippen MR) is 116 cm³/mol. The van der Waals surface area contributed by atoms with Crippen LogP contribution in [-0.2, 0) is 12.4 Å². The summed E-state index contributed by atoms with van der Waals surface area (Å²) in [4.78, 5) is 0.745. The molecule has 0 radical (unpaired) electrons. The average molecular weight is 474 g/mol. The van der Waals surface area contributed by atoms with Crippen LogP contribution in [0.25, 0.3) is 43.4 Å². The van der Waals surface area contributed by atoms with Crippen molar-refractivity contribution in [2.24, 2.45) is 0 Å². The number of hydrogen-bond donors (Lipinski definition) is 0. The zero-order valence-electron chi connectivity index (χ0n) is 16.5. The highest BCUT2D eigenvalue weighted by Gasteiger charge is 2.38. The van der Waals surface area contributed by atoms with Crippen LogP contribution in [0, 0.1) is 0 Å². The van der Waals surface area contributed by atoms with E-state index < -0.39 is 29.0 Å². The second-order valence-corrected chi connectivity index (χ2v) is 8.32. The van der Waals surface area contributed by atoms with E-state index in [1.54, 1.807) is 36.4 Å². The molecule has 0 aliphatic carbocycles. The van der Waals surface area contributed by atoms with Crippen molar-refractivity contribution < 1.29 is 26.3 Å². The lowest BCUT2D eigenvalue weighted by atomic mass is 9.94. The number of alkyl halides is 6. The van der Waals surface area contributed by atoms with Gasteiger partial charge in [0.1, 0.15) is 11.4 Å². The third kappa shape index (κ3) is 3.82. The van der Waals surface area contributed by atoms with Crippen molar-refractivity contribution in [1.29, 1.82) is 0 Å². The van der Waals surface area contributed by atoms with Gasteiger partial charge in [0, 0.05) is 16.3 Å². The molecular formula is C24H12F6N2S. The second kappa shape index (κ2) is 7.55. The van der Waals surface area contributed by atoms with Crippen LogP contribution in [0.2, 0.25) is 0 Å². The minimum Gasteiger partial charge on any atom is -0.166 e. The van der Waals surface area contributed by atoms with Crippen molar-refractivity contribution >= 4 is 32.9 Å². The van der Waals surface area contributed by atoms with Gasteiger partial charge in [0.25, 0.3) is 0 Å². The molecule has 0 bridgehead atoms. The Kier molecular flexibility index (Phi) is 4.89. The third-order valence-corrected chi connectivity index (χ3v) is 6.18. The number of halogens is 6. The zero-order valence-corrected chi connectivity index (χ0v) is 17.3. The molecule has 5 aromatic rings. The van der Waals surface area contributed by atoms with E-state index >= 15 is 0 Å². The van der Waals surface area contributed by atoms with E-state index in [9.17, 15) is 26.3 Å². The third-order valence-electron chi connectivity index (χ3n) is 5.31. The van der Waals surface area contributed by atoms with Crippen LogP contribution in [-0.4, -0.2) is 10.2 Å². The molecule has 0 aliphatic heterocycles. The Morgan fingerprint density at radius 3 is 1.85 bits per heavy atom. The molecule has 0 amide bonds. The highest BCUT2D eigenvalue weighted by Crippen LogP contribution is 2.43. The van der Waals surface area contributed by atoms with Gasteiger partial charge in [-0.2, -0.15) is 26.3 Å². The monoisotopic (exact) mass is 474 g/mol. The summed E-state index contributed by atoms with van der Waals surface area (Å²) in [5.74, 6) is 0. The first-order chi connectivity index (χ1) is 15.6. The first-order valence-electron chi connectivity index (χ1n) is 9.65. The van der Waals surface area contributed by atoms with E-state index in [0.29, 0.717) is 29.3 Å². The predicted octanol–water partition coefficient (Wildman–Crippen LogP) is 8.22.